The Morgan fingerprint density at radius 2 is 2.15 bits per heavy atom. The summed E-state index contributed by atoms with van der Waals surface area (Å²) in [5.41, 5.74) is 3.36. The third kappa shape index (κ3) is 3.81. The van der Waals surface area contributed by atoms with Crippen molar-refractivity contribution in [1.29, 1.82) is 0 Å². The van der Waals surface area contributed by atoms with Crippen molar-refractivity contribution in [3.8, 4) is 0 Å². The van der Waals surface area contributed by atoms with Crippen molar-refractivity contribution in [1.82, 2.24) is 10.6 Å². The first-order valence-electron chi connectivity index (χ1n) is 7.30. The molecule has 0 unspecified atom stereocenters. The van der Waals surface area contributed by atoms with Gasteiger partial charge in [0.2, 0.25) is 0 Å². The second-order valence-corrected chi connectivity index (χ2v) is 5.34. The van der Waals surface area contributed by atoms with Gasteiger partial charge in [0, 0.05) is 19.2 Å². The van der Waals surface area contributed by atoms with E-state index in [0.29, 0.717) is 19.1 Å². The lowest BCUT2D eigenvalue weighted by Gasteiger charge is -2.25. The van der Waals surface area contributed by atoms with Gasteiger partial charge in [0.1, 0.15) is 0 Å². The minimum absolute atomic E-state index is 0.0164. The van der Waals surface area contributed by atoms with Gasteiger partial charge in [0.25, 0.3) is 5.91 Å². The smallest absolute Gasteiger partial charge is 0.251 e. The summed E-state index contributed by atoms with van der Waals surface area (Å²) in [5, 5.41) is 6.26. The molecule has 0 spiro atoms. The number of rotatable bonds is 5. The molecule has 1 saturated heterocycles. The normalized spacial score (nSPS) is 16.1. The summed E-state index contributed by atoms with van der Waals surface area (Å²) < 4.78 is 4.94. The van der Waals surface area contributed by atoms with E-state index >= 15 is 0 Å². The van der Waals surface area contributed by atoms with E-state index in [1.807, 2.05) is 6.07 Å². The van der Waals surface area contributed by atoms with E-state index in [2.05, 4.69) is 29.7 Å². The van der Waals surface area contributed by atoms with Gasteiger partial charge in [-0.3, -0.25) is 4.79 Å². The lowest BCUT2D eigenvalue weighted by Crippen LogP contribution is -2.28. The molecule has 1 aromatic carbocycles. The van der Waals surface area contributed by atoms with Gasteiger partial charge in [-0.05, 0) is 62.0 Å². The average Bonchev–Trinajstić information content (AvgIpc) is 2.49. The van der Waals surface area contributed by atoms with Gasteiger partial charge in [0.15, 0.2) is 0 Å². The highest BCUT2D eigenvalue weighted by atomic mass is 16.5. The van der Waals surface area contributed by atoms with Crippen LogP contribution in [-0.2, 0) is 4.74 Å². The number of methoxy groups -OCH3 is 1. The minimum Gasteiger partial charge on any atom is -0.383 e. The van der Waals surface area contributed by atoms with Crippen molar-refractivity contribution >= 4 is 5.91 Å². The molecule has 110 valence electrons. The van der Waals surface area contributed by atoms with Crippen LogP contribution in [0.1, 0.15) is 40.2 Å². The number of amides is 1. The van der Waals surface area contributed by atoms with Crippen LogP contribution in [0.4, 0.5) is 0 Å². The van der Waals surface area contributed by atoms with Crippen LogP contribution in [0.15, 0.2) is 18.2 Å². The number of carbonyl (C=O) groups excluding carboxylic acids is 1. The van der Waals surface area contributed by atoms with Gasteiger partial charge >= 0.3 is 0 Å². The molecule has 0 aliphatic carbocycles. The van der Waals surface area contributed by atoms with Gasteiger partial charge in [-0.15, -0.1) is 0 Å². The Kier molecular flexibility index (Phi) is 5.56. The monoisotopic (exact) mass is 276 g/mol. The van der Waals surface area contributed by atoms with Crippen molar-refractivity contribution in [2.24, 2.45) is 0 Å². The summed E-state index contributed by atoms with van der Waals surface area (Å²) >= 11 is 0. The van der Waals surface area contributed by atoms with Gasteiger partial charge < -0.3 is 15.4 Å². The molecular weight excluding hydrogens is 252 g/mol. The van der Waals surface area contributed by atoms with Crippen molar-refractivity contribution in [3.05, 3.63) is 34.9 Å². The largest absolute Gasteiger partial charge is 0.383 e. The molecule has 1 aliphatic rings. The second kappa shape index (κ2) is 7.41. The highest BCUT2D eigenvalue weighted by Crippen LogP contribution is 2.28. The first-order chi connectivity index (χ1) is 9.72. The molecule has 1 aliphatic heterocycles. The molecule has 4 heteroatoms. The molecule has 0 atom stereocenters. The predicted octanol–water partition coefficient (Wildman–Crippen LogP) is 1.84. The van der Waals surface area contributed by atoms with E-state index in [9.17, 15) is 4.79 Å². The standard InChI is InChI=1S/C16H24N2O2/c1-12-3-4-14(16(19)18-9-10-20-2)11-15(12)13-5-7-17-8-6-13/h3-4,11,13,17H,5-10H2,1-2H3,(H,18,19). The predicted molar refractivity (Wildman–Crippen MR) is 80.2 cm³/mol. The maximum atomic E-state index is 12.1. The van der Waals surface area contributed by atoms with E-state index in [4.69, 9.17) is 4.74 Å². The van der Waals surface area contributed by atoms with E-state index in [0.717, 1.165) is 31.5 Å². The molecule has 0 saturated carbocycles. The lowest BCUT2D eigenvalue weighted by molar-refractivity contribution is 0.0937. The Labute approximate surface area is 120 Å². The zero-order valence-corrected chi connectivity index (χ0v) is 12.4. The first-order valence-corrected chi connectivity index (χ1v) is 7.30. The maximum Gasteiger partial charge on any atom is 0.251 e. The summed E-state index contributed by atoms with van der Waals surface area (Å²) in [6, 6.07) is 6.03. The van der Waals surface area contributed by atoms with Crippen molar-refractivity contribution in [2.75, 3.05) is 33.4 Å². The molecule has 1 fully saturated rings. The molecule has 0 radical (unpaired) electrons. The fraction of sp³-hybridized carbons (Fsp3) is 0.562. The van der Waals surface area contributed by atoms with Gasteiger partial charge in [-0.25, -0.2) is 0 Å². The van der Waals surface area contributed by atoms with Gasteiger partial charge in [-0.1, -0.05) is 6.07 Å². The van der Waals surface area contributed by atoms with Crippen molar-refractivity contribution in [2.45, 2.75) is 25.7 Å². The van der Waals surface area contributed by atoms with Crippen molar-refractivity contribution < 1.29 is 9.53 Å². The van der Waals surface area contributed by atoms with Gasteiger partial charge in [-0.2, -0.15) is 0 Å². The zero-order valence-electron chi connectivity index (χ0n) is 12.4. The Hall–Kier alpha value is -1.39. The number of ether oxygens (including phenoxy) is 1. The Balaban J connectivity index is 2.09. The summed E-state index contributed by atoms with van der Waals surface area (Å²) in [5.74, 6) is 0.556. The van der Waals surface area contributed by atoms with Crippen LogP contribution >= 0.6 is 0 Å². The van der Waals surface area contributed by atoms with Crippen LogP contribution < -0.4 is 10.6 Å². The van der Waals surface area contributed by atoms with Crippen molar-refractivity contribution in [3.63, 3.8) is 0 Å². The molecule has 0 bridgehead atoms. The number of nitrogens with one attached hydrogen (secondary N) is 2. The molecule has 4 nitrogen and oxygen atoms in total. The number of hydrogen-bond acceptors (Lipinski definition) is 3. The lowest BCUT2D eigenvalue weighted by atomic mass is 9.86. The van der Waals surface area contributed by atoms with Crippen LogP contribution in [-0.4, -0.2) is 39.3 Å². The molecule has 2 rings (SSSR count). The third-order valence-electron chi connectivity index (χ3n) is 3.91. The topological polar surface area (TPSA) is 50.4 Å². The van der Waals surface area contributed by atoms with E-state index in [-0.39, 0.29) is 5.91 Å². The minimum atomic E-state index is -0.0164. The number of aryl methyl sites for hydroxylation is 1. The summed E-state index contributed by atoms with van der Waals surface area (Å²) in [6.45, 7) is 5.34. The van der Waals surface area contributed by atoms with Gasteiger partial charge in [0.05, 0.1) is 6.61 Å². The van der Waals surface area contributed by atoms with Crippen LogP contribution in [0, 0.1) is 6.92 Å². The van der Waals surface area contributed by atoms with Crippen LogP contribution in [0.3, 0.4) is 0 Å². The van der Waals surface area contributed by atoms with Crippen LogP contribution in [0.25, 0.3) is 0 Å². The number of carbonyl (C=O) groups is 1. The number of benzene rings is 1. The quantitative estimate of drug-likeness (QED) is 0.807. The Bertz CT molecular complexity index is 454. The third-order valence-corrected chi connectivity index (χ3v) is 3.91. The molecule has 1 aromatic rings. The molecular formula is C16H24N2O2. The zero-order chi connectivity index (χ0) is 14.4. The molecule has 1 amide bonds. The second-order valence-electron chi connectivity index (χ2n) is 5.34. The summed E-state index contributed by atoms with van der Waals surface area (Å²) in [7, 11) is 1.63. The highest BCUT2D eigenvalue weighted by molar-refractivity contribution is 5.94. The number of piperidine rings is 1. The molecule has 0 aromatic heterocycles. The molecule has 1 heterocycles. The van der Waals surface area contributed by atoms with E-state index in [1.165, 1.54) is 11.1 Å². The molecule has 20 heavy (non-hydrogen) atoms. The highest BCUT2D eigenvalue weighted by Gasteiger charge is 2.18. The Morgan fingerprint density at radius 1 is 1.40 bits per heavy atom. The fourth-order valence-corrected chi connectivity index (χ4v) is 2.72. The van der Waals surface area contributed by atoms with E-state index < -0.39 is 0 Å². The average molecular weight is 276 g/mol. The fourth-order valence-electron chi connectivity index (χ4n) is 2.72. The Morgan fingerprint density at radius 3 is 2.85 bits per heavy atom. The number of hydrogen-bond donors (Lipinski definition) is 2. The van der Waals surface area contributed by atoms with Crippen LogP contribution in [0.2, 0.25) is 0 Å². The SMILES string of the molecule is COCCNC(=O)c1ccc(C)c(C2CCNCC2)c1. The maximum absolute atomic E-state index is 12.1. The summed E-state index contributed by atoms with van der Waals surface area (Å²) in [6.07, 6.45) is 2.30. The first kappa shape index (κ1) is 15.0. The van der Waals surface area contributed by atoms with Crippen LogP contribution in [0.5, 0.6) is 0 Å². The summed E-state index contributed by atoms with van der Waals surface area (Å²) in [4.78, 5) is 12.1. The molecule has 2 N–H and O–H groups in total. The van der Waals surface area contributed by atoms with E-state index in [1.54, 1.807) is 7.11 Å².